The summed E-state index contributed by atoms with van der Waals surface area (Å²) in [5, 5.41) is 4.03. The van der Waals surface area contributed by atoms with Crippen LogP contribution in [-0.4, -0.2) is 33.7 Å². The van der Waals surface area contributed by atoms with Crippen molar-refractivity contribution in [3.05, 3.63) is 58.9 Å². The number of rotatable bonds is 10. The molecule has 3 rings (SSSR count). The molecule has 0 saturated heterocycles. The second-order valence-electron chi connectivity index (χ2n) is 7.23. The summed E-state index contributed by atoms with van der Waals surface area (Å²) in [4.78, 5) is 21.5. The van der Waals surface area contributed by atoms with Gasteiger partial charge in [0.15, 0.2) is 0 Å². The molecular formula is C23H30N4O2. The number of nitrogens with zero attached hydrogens (tertiary/aromatic N) is 3. The summed E-state index contributed by atoms with van der Waals surface area (Å²) in [6, 6.07) is 9.37. The molecule has 0 bridgehead atoms. The van der Waals surface area contributed by atoms with Crippen LogP contribution >= 0.6 is 0 Å². The molecule has 0 fully saturated rings. The van der Waals surface area contributed by atoms with Gasteiger partial charge in [-0.05, 0) is 69.6 Å². The van der Waals surface area contributed by atoms with Gasteiger partial charge in [-0.25, -0.2) is 4.98 Å². The van der Waals surface area contributed by atoms with Crippen LogP contribution in [0.3, 0.4) is 0 Å². The van der Waals surface area contributed by atoms with E-state index in [0.29, 0.717) is 16.7 Å². The lowest BCUT2D eigenvalue weighted by Gasteiger charge is -2.18. The summed E-state index contributed by atoms with van der Waals surface area (Å²) in [6.45, 7) is 8.19. The van der Waals surface area contributed by atoms with E-state index < -0.39 is 0 Å². The summed E-state index contributed by atoms with van der Waals surface area (Å²) >= 11 is 0. The topological polar surface area (TPSA) is 69.0 Å². The number of benzene rings is 1. The second-order valence-corrected chi connectivity index (χ2v) is 7.23. The lowest BCUT2D eigenvalue weighted by atomic mass is 10.2. The van der Waals surface area contributed by atoms with Gasteiger partial charge in [-0.1, -0.05) is 20.3 Å². The van der Waals surface area contributed by atoms with E-state index >= 15 is 0 Å². The number of aromatic nitrogens is 3. The first kappa shape index (κ1) is 21.0. The number of unbranched alkanes of at least 4 members (excludes halogenated alkanes) is 1. The Bertz CT molecular complexity index is 982. The van der Waals surface area contributed by atoms with Crippen molar-refractivity contribution in [1.29, 1.82) is 0 Å². The van der Waals surface area contributed by atoms with Crippen LogP contribution < -0.4 is 15.6 Å². The third-order valence-corrected chi connectivity index (χ3v) is 5.04. The van der Waals surface area contributed by atoms with Crippen LogP contribution in [0.15, 0.2) is 47.5 Å². The number of pyridine rings is 1. The summed E-state index contributed by atoms with van der Waals surface area (Å²) < 4.78 is 7.77. The molecule has 1 unspecified atom stereocenters. The normalized spacial score (nSPS) is 12.2. The fourth-order valence-corrected chi connectivity index (χ4v) is 3.35. The predicted octanol–water partition coefficient (Wildman–Crippen LogP) is 4.03. The van der Waals surface area contributed by atoms with Crippen molar-refractivity contribution < 1.29 is 4.74 Å². The van der Waals surface area contributed by atoms with E-state index in [-0.39, 0.29) is 11.7 Å². The monoisotopic (exact) mass is 394 g/mol. The van der Waals surface area contributed by atoms with Gasteiger partial charge in [0.1, 0.15) is 11.6 Å². The Morgan fingerprint density at radius 1 is 1.14 bits per heavy atom. The number of hydrogen-bond donors (Lipinski definition) is 1. The minimum absolute atomic E-state index is 0.0897. The third-order valence-electron chi connectivity index (χ3n) is 5.04. The molecule has 29 heavy (non-hydrogen) atoms. The van der Waals surface area contributed by atoms with E-state index in [0.717, 1.165) is 37.4 Å². The molecule has 6 heteroatoms. The Kier molecular flexibility index (Phi) is 7.36. The van der Waals surface area contributed by atoms with Crippen molar-refractivity contribution in [2.45, 2.75) is 52.6 Å². The first-order chi connectivity index (χ1) is 14.1. The van der Waals surface area contributed by atoms with Crippen LogP contribution in [0.1, 0.15) is 45.4 Å². The highest BCUT2D eigenvalue weighted by Gasteiger charge is 2.11. The molecule has 1 aromatic carbocycles. The zero-order chi connectivity index (χ0) is 20.6. The number of hydrogen-bond acceptors (Lipinski definition) is 5. The molecule has 0 radical (unpaired) electrons. The van der Waals surface area contributed by atoms with Crippen molar-refractivity contribution in [3.8, 4) is 11.4 Å². The standard InChI is InChI=1S/C23H30N4O2/c1-4-6-13-24-14-11-19(5-2)29-20-9-7-18(8-10-20)27-17(3)26-22-16-25-15-12-21(22)23(27)28/h7-10,12,15-16,19,24H,4-6,11,13-14H2,1-3H3. The lowest BCUT2D eigenvalue weighted by Crippen LogP contribution is -2.24. The molecule has 1 atom stereocenters. The fraction of sp³-hybridized carbons (Fsp3) is 0.435. The smallest absolute Gasteiger partial charge is 0.266 e. The van der Waals surface area contributed by atoms with E-state index in [2.05, 4.69) is 29.1 Å². The van der Waals surface area contributed by atoms with E-state index in [4.69, 9.17) is 4.74 Å². The zero-order valence-corrected chi connectivity index (χ0v) is 17.5. The van der Waals surface area contributed by atoms with Crippen LogP contribution in [0.2, 0.25) is 0 Å². The Labute approximate surface area is 172 Å². The lowest BCUT2D eigenvalue weighted by molar-refractivity contribution is 0.186. The highest BCUT2D eigenvalue weighted by molar-refractivity contribution is 5.76. The first-order valence-corrected chi connectivity index (χ1v) is 10.4. The number of nitrogens with one attached hydrogen (secondary N) is 1. The Hall–Kier alpha value is -2.73. The van der Waals surface area contributed by atoms with Gasteiger partial charge < -0.3 is 10.1 Å². The van der Waals surface area contributed by atoms with Gasteiger partial charge in [0.2, 0.25) is 0 Å². The quantitative estimate of drug-likeness (QED) is 0.526. The minimum atomic E-state index is -0.0897. The van der Waals surface area contributed by atoms with Crippen molar-refractivity contribution in [2.24, 2.45) is 0 Å². The maximum Gasteiger partial charge on any atom is 0.266 e. The Morgan fingerprint density at radius 3 is 2.66 bits per heavy atom. The van der Waals surface area contributed by atoms with Crippen LogP contribution in [0, 0.1) is 6.92 Å². The third kappa shape index (κ3) is 5.21. The summed E-state index contributed by atoms with van der Waals surface area (Å²) in [5.41, 5.74) is 1.30. The molecule has 2 heterocycles. The molecule has 0 aliphatic carbocycles. The van der Waals surface area contributed by atoms with Gasteiger partial charge in [0.25, 0.3) is 5.56 Å². The molecule has 0 spiro atoms. The van der Waals surface area contributed by atoms with E-state index in [1.54, 1.807) is 23.0 Å². The van der Waals surface area contributed by atoms with Gasteiger partial charge in [-0.2, -0.15) is 0 Å². The molecule has 0 aliphatic rings. The minimum Gasteiger partial charge on any atom is -0.490 e. The maximum absolute atomic E-state index is 12.9. The average molecular weight is 395 g/mol. The largest absolute Gasteiger partial charge is 0.490 e. The molecule has 3 aromatic rings. The van der Waals surface area contributed by atoms with Crippen LogP contribution in [0.25, 0.3) is 16.6 Å². The maximum atomic E-state index is 12.9. The van der Waals surface area contributed by atoms with Crippen LogP contribution in [0.5, 0.6) is 5.75 Å². The molecule has 0 saturated carbocycles. The van der Waals surface area contributed by atoms with Crippen molar-refractivity contribution >= 4 is 10.9 Å². The highest BCUT2D eigenvalue weighted by atomic mass is 16.5. The Morgan fingerprint density at radius 2 is 1.93 bits per heavy atom. The van der Waals surface area contributed by atoms with Crippen molar-refractivity contribution in [1.82, 2.24) is 19.9 Å². The molecule has 0 amide bonds. The van der Waals surface area contributed by atoms with Crippen molar-refractivity contribution in [2.75, 3.05) is 13.1 Å². The molecule has 0 aliphatic heterocycles. The molecule has 2 aromatic heterocycles. The van der Waals surface area contributed by atoms with Gasteiger partial charge in [-0.3, -0.25) is 14.3 Å². The summed E-state index contributed by atoms with van der Waals surface area (Å²) in [6.07, 6.45) is 7.75. The number of fused-ring (bicyclic) bond motifs is 1. The Balaban J connectivity index is 1.72. The molecule has 154 valence electrons. The molecular weight excluding hydrogens is 364 g/mol. The van der Waals surface area contributed by atoms with E-state index in [1.165, 1.54) is 12.8 Å². The zero-order valence-electron chi connectivity index (χ0n) is 17.5. The number of ether oxygens (including phenoxy) is 1. The second kappa shape index (κ2) is 10.2. The summed E-state index contributed by atoms with van der Waals surface area (Å²) in [5.74, 6) is 1.45. The summed E-state index contributed by atoms with van der Waals surface area (Å²) in [7, 11) is 0. The van der Waals surface area contributed by atoms with Gasteiger partial charge in [0, 0.05) is 6.20 Å². The van der Waals surface area contributed by atoms with Gasteiger partial charge >= 0.3 is 0 Å². The van der Waals surface area contributed by atoms with Gasteiger partial charge in [0.05, 0.1) is 28.9 Å². The SMILES string of the molecule is CCCCNCCC(CC)Oc1ccc(-n2c(C)nc3cnccc3c2=O)cc1. The van der Waals surface area contributed by atoms with Crippen LogP contribution in [-0.2, 0) is 0 Å². The average Bonchev–Trinajstić information content (AvgIpc) is 2.74. The van der Waals surface area contributed by atoms with E-state index in [9.17, 15) is 4.79 Å². The first-order valence-electron chi connectivity index (χ1n) is 10.4. The fourth-order valence-electron chi connectivity index (χ4n) is 3.35. The molecule has 6 nitrogen and oxygen atoms in total. The number of aryl methyl sites for hydroxylation is 1. The molecule has 1 N–H and O–H groups in total. The highest BCUT2D eigenvalue weighted by Crippen LogP contribution is 2.19. The van der Waals surface area contributed by atoms with E-state index in [1.807, 2.05) is 31.2 Å². The van der Waals surface area contributed by atoms with Gasteiger partial charge in [-0.15, -0.1) is 0 Å². The van der Waals surface area contributed by atoms with Crippen molar-refractivity contribution in [3.63, 3.8) is 0 Å². The predicted molar refractivity (Wildman–Crippen MR) is 117 cm³/mol. The van der Waals surface area contributed by atoms with Crippen LogP contribution in [0.4, 0.5) is 0 Å².